The normalized spacial score (nSPS) is 13.9. The van der Waals surface area contributed by atoms with Crippen LogP contribution in [0, 0.1) is 0 Å². The van der Waals surface area contributed by atoms with Crippen molar-refractivity contribution in [2.24, 2.45) is 5.73 Å². The van der Waals surface area contributed by atoms with Gasteiger partial charge in [-0.15, -0.1) is 0 Å². The molecule has 1 aromatic carbocycles. The van der Waals surface area contributed by atoms with E-state index in [9.17, 15) is 18.0 Å². The minimum Gasteiger partial charge on any atom is -0.460 e. The van der Waals surface area contributed by atoms with E-state index in [-0.39, 0.29) is 6.42 Å². The number of hydrogen-bond acceptors (Lipinski definition) is 3. The third kappa shape index (κ3) is 5.21. The Labute approximate surface area is 115 Å². The van der Waals surface area contributed by atoms with Gasteiger partial charge in [-0.1, -0.05) is 12.1 Å². The van der Waals surface area contributed by atoms with Gasteiger partial charge in [0, 0.05) is 6.04 Å². The smallest absolute Gasteiger partial charge is 0.416 e. The lowest BCUT2D eigenvalue weighted by atomic mass is 10.0. The van der Waals surface area contributed by atoms with Gasteiger partial charge in [-0.3, -0.25) is 4.79 Å². The zero-order valence-corrected chi connectivity index (χ0v) is 11.6. The van der Waals surface area contributed by atoms with Crippen LogP contribution in [0.15, 0.2) is 24.3 Å². The molecule has 0 radical (unpaired) electrons. The topological polar surface area (TPSA) is 52.3 Å². The summed E-state index contributed by atoms with van der Waals surface area (Å²) in [5, 5.41) is 0. The van der Waals surface area contributed by atoms with Crippen LogP contribution in [-0.2, 0) is 15.7 Å². The maximum absolute atomic E-state index is 12.4. The summed E-state index contributed by atoms with van der Waals surface area (Å²) < 4.78 is 42.3. The molecule has 0 saturated heterocycles. The first kappa shape index (κ1) is 16.5. The molecule has 0 fully saturated rings. The zero-order chi connectivity index (χ0) is 15.6. The fourth-order valence-corrected chi connectivity index (χ4v) is 1.60. The summed E-state index contributed by atoms with van der Waals surface area (Å²) in [5.74, 6) is -0.482. The number of ether oxygens (including phenoxy) is 1. The number of carbonyl (C=O) groups is 1. The number of carbonyl (C=O) groups excluding carboxylic acids is 1. The Morgan fingerprint density at radius 3 is 2.10 bits per heavy atom. The molecule has 1 aromatic rings. The van der Waals surface area contributed by atoms with E-state index in [0.29, 0.717) is 5.56 Å². The van der Waals surface area contributed by atoms with Gasteiger partial charge in [-0.05, 0) is 38.5 Å². The van der Waals surface area contributed by atoms with Gasteiger partial charge >= 0.3 is 12.1 Å². The highest BCUT2D eigenvalue weighted by Gasteiger charge is 2.30. The quantitative estimate of drug-likeness (QED) is 0.867. The summed E-state index contributed by atoms with van der Waals surface area (Å²) in [5.41, 5.74) is 4.89. The molecule has 0 saturated carbocycles. The van der Waals surface area contributed by atoms with Crippen molar-refractivity contribution in [2.75, 3.05) is 0 Å². The van der Waals surface area contributed by atoms with Crippen molar-refractivity contribution < 1.29 is 22.7 Å². The molecular formula is C14H18F3NO2. The number of hydrogen-bond donors (Lipinski definition) is 1. The van der Waals surface area contributed by atoms with E-state index in [4.69, 9.17) is 10.5 Å². The monoisotopic (exact) mass is 289 g/mol. The van der Waals surface area contributed by atoms with Crippen LogP contribution in [-0.4, -0.2) is 11.6 Å². The Hall–Kier alpha value is -1.56. The molecule has 6 heteroatoms. The first-order valence-electron chi connectivity index (χ1n) is 6.13. The van der Waals surface area contributed by atoms with Crippen LogP contribution in [0.1, 0.15) is 44.4 Å². The molecule has 0 aliphatic heterocycles. The maximum atomic E-state index is 12.4. The number of halogens is 3. The molecule has 0 aliphatic carbocycles. The predicted molar refractivity (Wildman–Crippen MR) is 68.8 cm³/mol. The molecule has 0 amide bonds. The average Bonchev–Trinajstić information content (AvgIpc) is 2.25. The second kappa shape index (κ2) is 5.83. The standard InChI is InChI=1S/C14H18F3NO2/c1-13(2,3)20-12(19)8-11(18)9-4-6-10(7-5-9)14(15,16)17/h4-7,11H,8,18H2,1-3H3. The third-order valence-electron chi connectivity index (χ3n) is 2.47. The van der Waals surface area contributed by atoms with Crippen molar-refractivity contribution >= 4 is 5.97 Å². The first-order chi connectivity index (χ1) is 8.99. The summed E-state index contributed by atoms with van der Waals surface area (Å²) in [6.45, 7) is 5.19. The van der Waals surface area contributed by atoms with Crippen molar-refractivity contribution in [3.8, 4) is 0 Å². The highest BCUT2D eigenvalue weighted by molar-refractivity contribution is 5.70. The van der Waals surface area contributed by atoms with E-state index in [1.807, 2.05) is 0 Å². The van der Waals surface area contributed by atoms with Crippen LogP contribution in [0.3, 0.4) is 0 Å². The minimum absolute atomic E-state index is 0.0807. The summed E-state index contributed by atoms with van der Waals surface area (Å²) >= 11 is 0. The lowest BCUT2D eigenvalue weighted by Crippen LogP contribution is -2.26. The molecule has 3 nitrogen and oxygen atoms in total. The second-order valence-corrected chi connectivity index (χ2v) is 5.52. The van der Waals surface area contributed by atoms with Gasteiger partial charge in [0.15, 0.2) is 0 Å². The Morgan fingerprint density at radius 1 is 1.20 bits per heavy atom. The van der Waals surface area contributed by atoms with E-state index >= 15 is 0 Å². The van der Waals surface area contributed by atoms with Crippen LogP contribution in [0.5, 0.6) is 0 Å². The number of alkyl halides is 3. The van der Waals surface area contributed by atoms with Crippen LogP contribution >= 0.6 is 0 Å². The fraction of sp³-hybridized carbons (Fsp3) is 0.500. The van der Waals surface area contributed by atoms with Crippen molar-refractivity contribution in [3.05, 3.63) is 35.4 Å². The Kier molecular flexibility index (Phi) is 4.81. The SMILES string of the molecule is CC(C)(C)OC(=O)CC(N)c1ccc(C(F)(F)F)cc1. The van der Waals surface area contributed by atoms with E-state index in [1.54, 1.807) is 20.8 Å². The Morgan fingerprint density at radius 2 is 1.70 bits per heavy atom. The summed E-state index contributed by atoms with van der Waals surface area (Å²) in [6.07, 6.45) is -4.46. The molecule has 20 heavy (non-hydrogen) atoms. The largest absolute Gasteiger partial charge is 0.460 e. The van der Waals surface area contributed by atoms with Crippen LogP contribution in [0.4, 0.5) is 13.2 Å². The Balaban J connectivity index is 2.69. The molecule has 0 bridgehead atoms. The van der Waals surface area contributed by atoms with Crippen molar-refractivity contribution in [1.29, 1.82) is 0 Å². The summed E-state index contributed by atoms with van der Waals surface area (Å²) in [4.78, 5) is 11.6. The highest BCUT2D eigenvalue weighted by atomic mass is 19.4. The third-order valence-corrected chi connectivity index (χ3v) is 2.47. The van der Waals surface area contributed by atoms with Crippen molar-refractivity contribution in [1.82, 2.24) is 0 Å². The van der Waals surface area contributed by atoms with Crippen LogP contribution in [0.25, 0.3) is 0 Å². The van der Waals surface area contributed by atoms with E-state index in [0.717, 1.165) is 12.1 Å². The van der Waals surface area contributed by atoms with Gasteiger partial charge in [0.05, 0.1) is 12.0 Å². The minimum atomic E-state index is -4.38. The molecule has 1 atom stereocenters. The van der Waals surface area contributed by atoms with Gasteiger partial charge in [0.25, 0.3) is 0 Å². The lowest BCUT2D eigenvalue weighted by Gasteiger charge is -2.21. The number of esters is 1. The molecule has 2 N–H and O–H groups in total. The predicted octanol–water partition coefficient (Wildman–Crippen LogP) is 3.44. The van der Waals surface area contributed by atoms with Crippen LogP contribution in [0.2, 0.25) is 0 Å². The molecule has 0 heterocycles. The summed E-state index contributed by atoms with van der Waals surface area (Å²) in [7, 11) is 0. The first-order valence-corrected chi connectivity index (χ1v) is 6.13. The second-order valence-electron chi connectivity index (χ2n) is 5.52. The molecule has 0 aromatic heterocycles. The van der Waals surface area contributed by atoms with Crippen molar-refractivity contribution in [2.45, 2.75) is 45.0 Å². The zero-order valence-electron chi connectivity index (χ0n) is 11.6. The number of benzene rings is 1. The molecule has 112 valence electrons. The summed E-state index contributed by atoms with van der Waals surface area (Å²) in [6, 6.07) is 3.76. The van der Waals surface area contributed by atoms with Gasteiger partial charge in [0.2, 0.25) is 0 Å². The van der Waals surface area contributed by atoms with E-state index in [1.165, 1.54) is 12.1 Å². The number of rotatable bonds is 3. The van der Waals surface area contributed by atoms with E-state index in [2.05, 4.69) is 0 Å². The molecule has 0 aliphatic rings. The number of nitrogens with two attached hydrogens (primary N) is 1. The highest BCUT2D eigenvalue weighted by Crippen LogP contribution is 2.30. The average molecular weight is 289 g/mol. The van der Waals surface area contributed by atoms with Gasteiger partial charge in [-0.25, -0.2) is 0 Å². The van der Waals surface area contributed by atoms with E-state index < -0.39 is 29.4 Å². The molecule has 0 spiro atoms. The lowest BCUT2D eigenvalue weighted by molar-refractivity contribution is -0.155. The Bertz CT molecular complexity index is 461. The van der Waals surface area contributed by atoms with Crippen LogP contribution < -0.4 is 5.73 Å². The van der Waals surface area contributed by atoms with Gasteiger partial charge in [0.1, 0.15) is 5.60 Å². The van der Waals surface area contributed by atoms with Gasteiger partial charge in [-0.2, -0.15) is 13.2 Å². The van der Waals surface area contributed by atoms with Gasteiger partial charge < -0.3 is 10.5 Å². The molecule has 1 rings (SSSR count). The molecular weight excluding hydrogens is 271 g/mol. The fourth-order valence-electron chi connectivity index (χ4n) is 1.60. The maximum Gasteiger partial charge on any atom is 0.416 e. The van der Waals surface area contributed by atoms with Crippen molar-refractivity contribution in [3.63, 3.8) is 0 Å². The molecule has 1 unspecified atom stereocenters.